The lowest BCUT2D eigenvalue weighted by molar-refractivity contribution is -0.117. The van der Waals surface area contributed by atoms with Gasteiger partial charge in [0.1, 0.15) is 0 Å². The molecule has 1 aromatic rings. The normalized spacial score (nSPS) is 29.5. The number of carbonyl (C=O) groups excluding carboxylic acids is 1. The van der Waals surface area contributed by atoms with E-state index in [1.54, 1.807) is 0 Å². The monoisotopic (exact) mass is 243 g/mol. The van der Waals surface area contributed by atoms with Crippen LogP contribution in [0.25, 0.3) is 0 Å². The predicted molar refractivity (Wildman–Crippen MR) is 73.4 cm³/mol. The lowest BCUT2D eigenvalue weighted by atomic mass is 9.86. The van der Waals surface area contributed by atoms with E-state index in [1.165, 1.54) is 31.2 Å². The van der Waals surface area contributed by atoms with Crippen LogP contribution in [0.2, 0.25) is 0 Å². The number of benzene rings is 1. The first kappa shape index (κ1) is 11.8. The predicted octanol–water partition coefficient (Wildman–Crippen LogP) is 3.76. The van der Waals surface area contributed by atoms with Crippen molar-refractivity contribution in [2.75, 3.05) is 5.32 Å². The third-order valence-corrected chi connectivity index (χ3v) is 4.67. The fraction of sp³-hybridized carbons (Fsp3) is 0.562. The zero-order valence-corrected chi connectivity index (χ0v) is 11.0. The number of fused-ring (bicyclic) bond motifs is 2. The molecule has 2 fully saturated rings. The molecule has 2 nitrogen and oxygen atoms in total. The average Bonchev–Trinajstić information content (AvgIpc) is 2.94. The molecule has 18 heavy (non-hydrogen) atoms. The van der Waals surface area contributed by atoms with E-state index in [0.717, 1.165) is 23.9 Å². The highest BCUT2D eigenvalue weighted by atomic mass is 16.1. The maximum atomic E-state index is 12.0. The summed E-state index contributed by atoms with van der Waals surface area (Å²) in [6.07, 6.45) is 6.14. The van der Waals surface area contributed by atoms with Gasteiger partial charge in [0.15, 0.2) is 0 Å². The van der Waals surface area contributed by atoms with Crippen molar-refractivity contribution >= 4 is 11.6 Å². The summed E-state index contributed by atoms with van der Waals surface area (Å²) < 4.78 is 0. The molecule has 0 aliphatic heterocycles. The van der Waals surface area contributed by atoms with E-state index in [1.807, 2.05) is 24.3 Å². The Bertz CT molecular complexity index is 437. The second-order valence-electron chi connectivity index (χ2n) is 6.05. The Morgan fingerprint density at radius 2 is 2.00 bits per heavy atom. The molecule has 0 heterocycles. The van der Waals surface area contributed by atoms with E-state index < -0.39 is 0 Å². The Hall–Kier alpha value is -1.31. The van der Waals surface area contributed by atoms with Gasteiger partial charge >= 0.3 is 0 Å². The van der Waals surface area contributed by atoms with Gasteiger partial charge in [0.05, 0.1) is 0 Å². The first-order chi connectivity index (χ1) is 8.70. The fourth-order valence-corrected chi connectivity index (χ4v) is 3.71. The van der Waals surface area contributed by atoms with E-state index in [0.29, 0.717) is 5.92 Å². The summed E-state index contributed by atoms with van der Waals surface area (Å²) in [5.41, 5.74) is 2.15. The summed E-state index contributed by atoms with van der Waals surface area (Å²) >= 11 is 0. The quantitative estimate of drug-likeness (QED) is 0.860. The maximum absolute atomic E-state index is 12.0. The van der Waals surface area contributed by atoms with E-state index >= 15 is 0 Å². The van der Waals surface area contributed by atoms with Gasteiger partial charge < -0.3 is 5.32 Å². The number of hydrogen-bond donors (Lipinski definition) is 1. The Balaban J connectivity index is 1.54. The van der Waals surface area contributed by atoms with Crippen LogP contribution in [0.15, 0.2) is 24.3 Å². The van der Waals surface area contributed by atoms with Crippen LogP contribution in [0, 0.1) is 24.7 Å². The summed E-state index contributed by atoms with van der Waals surface area (Å²) in [5, 5.41) is 3.02. The van der Waals surface area contributed by atoms with Crippen molar-refractivity contribution in [3.8, 4) is 0 Å². The van der Waals surface area contributed by atoms with E-state index in [4.69, 9.17) is 0 Å². The van der Waals surface area contributed by atoms with Crippen LogP contribution >= 0.6 is 0 Å². The van der Waals surface area contributed by atoms with Crippen molar-refractivity contribution in [1.29, 1.82) is 0 Å². The molecule has 0 saturated heterocycles. The van der Waals surface area contributed by atoms with Crippen LogP contribution in [0.3, 0.4) is 0 Å². The van der Waals surface area contributed by atoms with E-state index in [9.17, 15) is 4.79 Å². The standard InChI is InChI=1S/C16H21NO/c1-11-2-6-15(7-3-11)17-16(18)10-14-9-12-4-5-13(14)8-12/h2-3,6-7,12-14H,4-5,8-10H2,1H3,(H,17,18)/t12-,13+,14-/m0/s1. The molecule has 2 aliphatic rings. The highest BCUT2D eigenvalue weighted by Gasteiger charge is 2.40. The molecule has 1 N–H and O–H groups in total. The van der Waals surface area contributed by atoms with Crippen molar-refractivity contribution in [1.82, 2.24) is 0 Å². The molecule has 2 heteroatoms. The Morgan fingerprint density at radius 1 is 1.22 bits per heavy atom. The molecular formula is C16H21NO. The molecule has 0 unspecified atom stereocenters. The topological polar surface area (TPSA) is 29.1 Å². The van der Waals surface area contributed by atoms with Crippen LogP contribution in [0.5, 0.6) is 0 Å². The van der Waals surface area contributed by atoms with Gasteiger partial charge in [0.25, 0.3) is 0 Å². The largest absolute Gasteiger partial charge is 0.326 e. The second kappa shape index (κ2) is 4.75. The highest BCUT2D eigenvalue weighted by molar-refractivity contribution is 5.90. The van der Waals surface area contributed by atoms with Gasteiger partial charge in [0, 0.05) is 12.1 Å². The number of amides is 1. The third-order valence-electron chi connectivity index (χ3n) is 4.67. The second-order valence-corrected chi connectivity index (χ2v) is 6.05. The summed E-state index contributed by atoms with van der Waals surface area (Å²) in [7, 11) is 0. The van der Waals surface area contributed by atoms with Gasteiger partial charge in [0.2, 0.25) is 5.91 Å². The Morgan fingerprint density at radius 3 is 2.61 bits per heavy atom. The Labute approximate surface area is 109 Å². The van der Waals surface area contributed by atoms with Crippen molar-refractivity contribution in [3.63, 3.8) is 0 Å². The summed E-state index contributed by atoms with van der Waals surface area (Å²) in [6, 6.07) is 8.03. The molecule has 1 aromatic carbocycles. The lowest BCUT2D eigenvalue weighted by Gasteiger charge is -2.20. The summed E-state index contributed by atoms with van der Waals surface area (Å²) in [5.74, 6) is 2.59. The highest BCUT2D eigenvalue weighted by Crippen LogP contribution is 2.49. The molecule has 96 valence electrons. The lowest BCUT2D eigenvalue weighted by Crippen LogP contribution is -2.20. The minimum atomic E-state index is 0.191. The van der Waals surface area contributed by atoms with Crippen molar-refractivity contribution < 1.29 is 4.79 Å². The fourth-order valence-electron chi connectivity index (χ4n) is 3.71. The number of carbonyl (C=O) groups is 1. The minimum Gasteiger partial charge on any atom is -0.326 e. The SMILES string of the molecule is Cc1ccc(NC(=O)C[C@@H]2C[C@H]3CC[C@@H]2C3)cc1. The number of hydrogen-bond acceptors (Lipinski definition) is 1. The van der Waals surface area contributed by atoms with Gasteiger partial charge in [-0.1, -0.05) is 24.1 Å². The van der Waals surface area contributed by atoms with Gasteiger partial charge in [-0.2, -0.15) is 0 Å². The van der Waals surface area contributed by atoms with Crippen LogP contribution in [-0.2, 0) is 4.79 Å². The van der Waals surface area contributed by atoms with E-state index in [2.05, 4.69) is 12.2 Å². The average molecular weight is 243 g/mol. The number of aryl methyl sites for hydroxylation is 1. The zero-order chi connectivity index (χ0) is 12.5. The van der Waals surface area contributed by atoms with Crippen LogP contribution < -0.4 is 5.32 Å². The molecule has 2 bridgehead atoms. The zero-order valence-electron chi connectivity index (χ0n) is 11.0. The molecule has 2 saturated carbocycles. The van der Waals surface area contributed by atoms with Crippen molar-refractivity contribution in [3.05, 3.63) is 29.8 Å². The molecule has 0 spiro atoms. The van der Waals surface area contributed by atoms with E-state index in [-0.39, 0.29) is 5.91 Å². The molecule has 0 aromatic heterocycles. The Kier molecular flexibility index (Phi) is 3.11. The first-order valence-corrected chi connectivity index (χ1v) is 7.07. The first-order valence-electron chi connectivity index (χ1n) is 7.07. The van der Waals surface area contributed by atoms with Gasteiger partial charge in [-0.15, -0.1) is 0 Å². The van der Waals surface area contributed by atoms with Crippen LogP contribution in [0.1, 0.15) is 37.7 Å². The molecule has 2 aliphatic carbocycles. The van der Waals surface area contributed by atoms with Crippen LogP contribution in [0.4, 0.5) is 5.69 Å². The van der Waals surface area contributed by atoms with Crippen molar-refractivity contribution in [2.45, 2.75) is 39.0 Å². The maximum Gasteiger partial charge on any atom is 0.224 e. The number of anilines is 1. The molecular weight excluding hydrogens is 222 g/mol. The molecule has 3 atom stereocenters. The molecule has 1 amide bonds. The summed E-state index contributed by atoms with van der Waals surface area (Å²) in [6.45, 7) is 2.06. The molecule has 3 rings (SSSR count). The third kappa shape index (κ3) is 2.43. The number of rotatable bonds is 3. The van der Waals surface area contributed by atoms with Crippen molar-refractivity contribution in [2.24, 2.45) is 17.8 Å². The smallest absolute Gasteiger partial charge is 0.224 e. The van der Waals surface area contributed by atoms with Gasteiger partial charge in [-0.05, 0) is 56.1 Å². The van der Waals surface area contributed by atoms with Gasteiger partial charge in [-0.3, -0.25) is 4.79 Å². The number of nitrogens with one attached hydrogen (secondary N) is 1. The van der Waals surface area contributed by atoms with Crippen LogP contribution in [-0.4, -0.2) is 5.91 Å². The van der Waals surface area contributed by atoms with Gasteiger partial charge in [-0.25, -0.2) is 0 Å². The summed E-state index contributed by atoms with van der Waals surface area (Å²) in [4.78, 5) is 12.0. The minimum absolute atomic E-state index is 0.191. The molecule has 0 radical (unpaired) electrons.